The molecule has 3 nitrogen and oxygen atoms in total. The second-order valence-corrected chi connectivity index (χ2v) is 4.69. The largest absolute Gasteiger partial charge is 0.399 e. The molecule has 17 heavy (non-hydrogen) atoms. The van der Waals surface area contributed by atoms with E-state index < -0.39 is 0 Å². The van der Waals surface area contributed by atoms with Gasteiger partial charge in [-0.3, -0.25) is 0 Å². The molecule has 0 saturated carbocycles. The van der Waals surface area contributed by atoms with Crippen LogP contribution in [-0.4, -0.2) is 20.4 Å². The van der Waals surface area contributed by atoms with E-state index in [1.165, 1.54) is 16.9 Å². The zero-order valence-electron chi connectivity index (χ0n) is 10.8. The van der Waals surface area contributed by atoms with E-state index in [2.05, 4.69) is 60.1 Å². The van der Waals surface area contributed by atoms with E-state index >= 15 is 0 Å². The van der Waals surface area contributed by atoms with Gasteiger partial charge in [0.25, 0.3) is 0 Å². The highest BCUT2D eigenvalue weighted by atomic mass is 16.6. The molecule has 0 saturated heterocycles. The average molecular weight is 230 g/mol. The molecule has 0 radical (unpaired) electrons. The second kappa shape index (κ2) is 4.24. The van der Waals surface area contributed by atoms with Gasteiger partial charge in [0.05, 0.1) is 6.21 Å². The summed E-state index contributed by atoms with van der Waals surface area (Å²) in [6.07, 6.45) is 3.70. The van der Waals surface area contributed by atoms with Crippen molar-refractivity contribution in [2.24, 2.45) is 5.16 Å². The zero-order valence-corrected chi connectivity index (χ0v) is 10.8. The number of benzene rings is 1. The molecule has 90 valence electrons. The predicted molar refractivity (Wildman–Crippen MR) is 71.5 cm³/mol. The summed E-state index contributed by atoms with van der Waals surface area (Å²) in [4.78, 5) is 6.89. The fourth-order valence-corrected chi connectivity index (χ4v) is 2.46. The van der Waals surface area contributed by atoms with Gasteiger partial charge in [-0.1, -0.05) is 37.2 Å². The lowest BCUT2D eigenvalue weighted by Crippen LogP contribution is -2.23. The van der Waals surface area contributed by atoms with Crippen LogP contribution in [0.2, 0.25) is 0 Å². The van der Waals surface area contributed by atoms with Crippen molar-refractivity contribution < 1.29 is 4.84 Å². The first-order chi connectivity index (χ1) is 8.09. The van der Waals surface area contributed by atoms with Gasteiger partial charge in [-0.05, 0) is 17.7 Å². The van der Waals surface area contributed by atoms with Gasteiger partial charge >= 0.3 is 0 Å². The number of para-hydroxylation sites is 1. The van der Waals surface area contributed by atoms with Crippen LogP contribution in [0.5, 0.6) is 0 Å². The molecule has 0 atom stereocenters. The number of allylic oxidation sites excluding steroid dienone is 2. The highest BCUT2D eigenvalue weighted by Crippen LogP contribution is 2.46. The third kappa shape index (κ3) is 1.82. The van der Waals surface area contributed by atoms with E-state index in [-0.39, 0.29) is 5.41 Å². The molecular formula is C14H18N2O. The summed E-state index contributed by atoms with van der Waals surface area (Å²) in [5.41, 5.74) is 3.83. The number of oxime groups is 1. The Hall–Kier alpha value is -1.77. The van der Waals surface area contributed by atoms with Crippen LogP contribution in [-0.2, 0) is 10.3 Å². The van der Waals surface area contributed by atoms with Gasteiger partial charge in [0, 0.05) is 23.8 Å². The third-order valence-corrected chi connectivity index (χ3v) is 3.34. The Bertz CT molecular complexity index is 475. The normalized spacial score (nSPS) is 20.0. The SMILES string of the molecule is CO/N=C/C=C1/N(C)c2ccccc2C1(C)C. The standard InChI is InChI=1S/C14H18N2O/c1-14(2)11-7-5-6-8-12(11)16(3)13(14)9-10-15-17-4/h5-10H,1-4H3/b13-9+,15-10+. The molecule has 1 aromatic carbocycles. The minimum atomic E-state index is 0.00506. The molecule has 0 spiro atoms. The van der Waals surface area contributed by atoms with Gasteiger partial charge in [-0.15, -0.1) is 0 Å². The number of hydrogen-bond acceptors (Lipinski definition) is 3. The lowest BCUT2D eigenvalue weighted by molar-refractivity contribution is 0.215. The maximum Gasteiger partial charge on any atom is 0.106 e. The average Bonchev–Trinajstić information content (AvgIpc) is 2.51. The summed E-state index contributed by atoms with van der Waals surface area (Å²) < 4.78 is 0. The number of rotatable bonds is 2. The molecule has 0 aliphatic carbocycles. The minimum Gasteiger partial charge on any atom is -0.399 e. The van der Waals surface area contributed by atoms with Crippen LogP contribution in [0.3, 0.4) is 0 Å². The van der Waals surface area contributed by atoms with Crippen molar-refractivity contribution in [1.29, 1.82) is 0 Å². The van der Waals surface area contributed by atoms with Crippen molar-refractivity contribution >= 4 is 11.9 Å². The third-order valence-electron chi connectivity index (χ3n) is 3.34. The van der Waals surface area contributed by atoms with Crippen LogP contribution < -0.4 is 4.90 Å². The number of anilines is 1. The number of hydrogen-bond donors (Lipinski definition) is 0. The van der Waals surface area contributed by atoms with E-state index in [4.69, 9.17) is 0 Å². The summed E-state index contributed by atoms with van der Waals surface area (Å²) >= 11 is 0. The molecule has 0 amide bonds. The monoisotopic (exact) mass is 230 g/mol. The van der Waals surface area contributed by atoms with E-state index in [0.717, 1.165) is 0 Å². The van der Waals surface area contributed by atoms with E-state index in [1.807, 2.05) is 6.08 Å². The number of nitrogens with zero attached hydrogens (tertiary/aromatic N) is 2. The number of likely N-dealkylation sites (N-methyl/N-ethyl adjacent to an activating group) is 1. The van der Waals surface area contributed by atoms with Gasteiger partial charge in [0.2, 0.25) is 0 Å². The highest BCUT2D eigenvalue weighted by Gasteiger charge is 2.37. The molecule has 2 rings (SSSR count). The zero-order chi connectivity index (χ0) is 12.5. The topological polar surface area (TPSA) is 24.8 Å². The molecule has 0 fully saturated rings. The first-order valence-electron chi connectivity index (χ1n) is 5.69. The van der Waals surface area contributed by atoms with E-state index in [9.17, 15) is 0 Å². The fourth-order valence-electron chi connectivity index (χ4n) is 2.46. The summed E-state index contributed by atoms with van der Waals surface area (Å²) in [6, 6.07) is 8.48. The fraction of sp³-hybridized carbons (Fsp3) is 0.357. The Balaban J connectivity index is 2.47. The summed E-state index contributed by atoms with van der Waals surface area (Å²) in [5.74, 6) is 0. The first-order valence-corrected chi connectivity index (χ1v) is 5.69. The maximum atomic E-state index is 4.69. The van der Waals surface area contributed by atoms with Crippen LogP contribution >= 0.6 is 0 Å². The Labute approximate surface area is 102 Å². The molecule has 1 aliphatic rings. The smallest absolute Gasteiger partial charge is 0.106 e. The molecule has 0 bridgehead atoms. The minimum absolute atomic E-state index is 0.00506. The van der Waals surface area contributed by atoms with Crippen LogP contribution in [0, 0.1) is 0 Å². The molecule has 0 N–H and O–H groups in total. The van der Waals surface area contributed by atoms with Gasteiger partial charge in [-0.25, -0.2) is 0 Å². The van der Waals surface area contributed by atoms with Crippen molar-refractivity contribution in [3.05, 3.63) is 41.6 Å². The van der Waals surface area contributed by atoms with E-state index in [1.54, 1.807) is 13.3 Å². The Morgan fingerprint density at radius 1 is 1.29 bits per heavy atom. The van der Waals surface area contributed by atoms with Crippen molar-refractivity contribution in [2.75, 3.05) is 19.1 Å². The van der Waals surface area contributed by atoms with Gasteiger partial charge < -0.3 is 9.74 Å². The quantitative estimate of drug-likeness (QED) is 0.576. The lowest BCUT2D eigenvalue weighted by atomic mass is 9.84. The second-order valence-electron chi connectivity index (χ2n) is 4.69. The molecule has 1 aromatic rings. The van der Waals surface area contributed by atoms with Gasteiger partial charge in [0.15, 0.2) is 0 Å². The number of fused-ring (bicyclic) bond motifs is 1. The summed E-state index contributed by atoms with van der Waals surface area (Å²) in [6.45, 7) is 4.45. The van der Waals surface area contributed by atoms with Crippen molar-refractivity contribution in [3.8, 4) is 0 Å². The van der Waals surface area contributed by atoms with Crippen LogP contribution in [0.15, 0.2) is 41.2 Å². The Kier molecular flexibility index (Phi) is 2.92. The Morgan fingerprint density at radius 3 is 2.65 bits per heavy atom. The van der Waals surface area contributed by atoms with Crippen LogP contribution in [0.1, 0.15) is 19.4 Å². The highest BCUT2D eigenvalue weighted by molar-refractivity contribution is 5.78. The molecule has 1 aliphatic heterocycles. The maximum absolute atomic E-state index is 4.69. The molecule has 0 unspecified atom stereocenters. The van der Waals surface area contributed by atoms with Gasteiger partial charge in [0.1, 0.15) is 7.11 Å². The van der Waals surface area contributed by atoms with Crippen LogP contribution in [0.25, 0.3) is 0 Å². The molecule has 3 heteroatoms. The summed E-state index contributed by atoms with van der Waals surface area (Å²) in [7, 11) is 3.63. The summed E-state index contributed by atoms with van der Waals surface area (Å²) in [5, 5.41) is 3.77. The van der Waals surface area contributed by atoms with Gasteiger partial charge in [-0.2, -0.15) is 0 Å². The Morgan fingerprint density at radius 2 is 2.00 bits per heavy atom. The molecular weight excluding hydrogens is 212 g/mol. The molecule has 0 aromatic heterocycles. The van der Waals surface area contributed by atoms with Crippen molar-refractivity contribution in [1.82, 2.24) is 0 Å². The molecule has 1 heterocycles. The lowest BCUT2D eigenvalue weighted by Gasteiger charge is -2.23. The van der Waals surface area contributed by atoms with E-state index in [0.29, 0.717) is 0 Å². The van der Waals surface area contributed by atoms with Crippen LogP contribution in [0.4, 0.5) is 5.69 Å². The predicted octanol–water partition coefficient (Wildman–Crippen LogP) is 2.93. The first kappa shape index (κ1) is 11.7. The van der Waals surface area contributed by atoms with Crippen molar-refractivity contribution in [3.63, 3.8) is 0 Å². The van der Waals surface area contributed by atoms with Crippen molar-refractivity contribution in [2.45, 2.75) is 19.3 Å².